The molecule has 0 saturated carbocycles. The van der Waals surface area contributed by atoms with Crippen molar-refractivity contribution < 1.29 is 4.79 Å². The fraction of sp³-hybridized carbons (Fsp3) is 0.367. The second kappa shape index (κ2) is 10.3. The van der Waals surface area contributed by atoms with Crippen LogP contribution in [0.1, 0.15) is 47.1 Å². The lowest BCUT2D eigenvalue weighted by Gasteiger charge is -2.33. The first-order valence-corrected chi connectivity index (χ1v) is 13.0. The maximum atomic E-state index is 13.5. The monoisotopic (exact) mass is 496 g/mol. The van der Waals surface area contributed by atoms with Gasteiger partial charge in [-0.05, 0) is 87.8 Å². The molecule has 3 aromatic heterocycles. The van der Waals surface area contributed by atoms with E-state index in [1.54, 1.807) is 0 Å². The number of hydrogen-bond donors (Lipinski definition) is 1. The zero-order chi connectivity index (χ0) is 26.1. The molecule has 1 N–H and O–H groups in total. The van der Waals surface area contributed by atoms with E-state index in [1.165, 1.54) is 0 Å². The van der Waals surface area contributed by atoms with Crippen LogP contribution in [0.25, 0.3) is 22.0 Å². The third-order valence-corrected chi connectivity index (χ3v) is 7.34. The van der Waals surface area contributed by atoms with Crippen molar-refractivity contribution in [2.24, 2.45) is 0 Å². The van der Waals surface area contributed by atoms with E-state index in [2.05, 4.69) is 76.9 Å². The number of pyridine rings is 2. The van der Waals surface area contributed by atoms with Gasteiger partial charge in [-0.1, -0.05) is 0 Å². The van der Waals surface area contributed by atoms with E-state index < -0.39 is 0 Å². The molecular formula is C30H36N6O. The largest absolute Gasteiger partial charge is 0.354 e. The summed E-state index contributed by atoms with van der Waals surface area (Å²) in [5.41, 5.74) is 6.85. The Morgan fingerprint density at radius 3 is 2.43 bits per heavy atom. The fourth-order valence-electron chi connectivity index (χ4n) is 5.03. The Bertz CT molecular complexity index is 1410. The van der Waals surface area contributed by atoms with Crippen molar-refractivity contribution in [1.29, 1.82) is 0 Å². The van der Waals surface area contributed by atoms with Crippen LogP contribution in [0, 0.1) is 13.8 Å². The van der Waals surface area contributed by atoms with Crippen LogP contribution in [0.2, 0.25) is 0 Å². The minimum absolute atomic E-state index is 0.0876. The van der Waals surface area contributed by atoms with E-state index in [4.69, 9.17) is 4.98 Å². The van der Waals surface area contributed by atoms with Gasteiger partial charge in [0.1, 0.15) is 5.82 Å². The Hall–Kier alpha value is -3.71. The van der Waals surface area contributed by atoms with E-state index >= 15 is 0 Å². The number of hydrogen-bond acceptors (Lipinski definition) is 5. The summed E-state index contributed by atoms with van der Waals surface area (Å²) in [6.07, 6.45) is 5.85. The number of piperazine rings is 1. The number of aromatic nitrogens is 3. The molecule has 0 radical (unpaired) electrons. The molecule has 4 aromatic rings. The highest BCUT2D eigenvalue weighted by Gasteiger charge is 2.18. The number of likely N-dealkylation sites (N-methyl/N-ethyl adjacent to an activating group) is 1. The van der Waals surface area contributed by atoms with Gasteiger partial charge in [0.05, 0.1) is 0 Å². The molecule has 0 spiro atoms. The Balaban J connectivity index is 1.46. The van der Waals surface area contributed by atoms with E-state index in [9.17, 15) is 4.79 Å². The maximum absolute atomic E-state index is 13.5. The van der Waals surface area contributed by atoms with Crippen LogP contribution in [-0.4, -0.2) is 58.6 Å². The molecule has 1 aromatic carbocycles. The maximum Gasteiger partial charge on any atom is 0.252 e. The summed E-state index contributed by atoms with van der Waals surface area (Å²) >= 11 is 0. The topological polar surface area (TPSA) is 66.3 Å². The van der Waals surface area contributed by atoms with Crippen LogP contribution >= 0.6 is 0 Å². The zero-order valence-corrected chi connectivity index (χ0v) is 22.5. The summed E-state index contributed by atoms with van der Waals surface area (Å²) in [6, 6.07) is 12.8. The van der Waals surface area contributed by atoms with Crippen molar-refractivity contribution in [3.05, 3.63) is 77.4 Å². The predicted molar refractivity (Wildman–Crippen MR) is 150 cm³/mol. The lowest BCUT2D eigenvalue weighted by molar-refractivity contribution is 0.0952. The van der Waals surface area contributed by atoms with E-state index in [0.29, 0.717) is 12.1 Å². The molecule has 7 heteroatoms. The van der Waals surface area contributed by atoms with Crippen LogP contribution in [0.4, 0.5) is 5.82 Å². The number of rotatable bonds is 6. The summed E-state index contributed by atoms with van der Waals surface area (Å²) < 4.78 is 2.22. The van der Waals surface area contributed by atoms with Gasteiger partial charge in [0, 0.05) is 85.1 Å². The number of aryl methyl sites for hydroxylation is 2. The standard InChI is InChI=1S/C30H36N6O/c1-20(2)36-9-8-26-27(30(37)33-19-25-18-31-22(4)14-21(25)3)15-24(16-28(26)36)23-6-7-29(32-17-23)35-12-10-34(5)11-13-35/h6-9,14-18,20H,10-13,19H2,1-5H3,(H,33,37). The van der Waals surface area contributed by atoms with Crippen LogP contribution < -0.4 is 10.2 Å². The number of nitrogens with zero attached hydrogens (tertiary/aromatic N) is 5. The van der Waals surface area contributed by atoms with Crippen LogP contribution in [0.3, 0.4) is 0 Å². The Morgan fingerprint density at radius 2 is 1.76 bits per heavy atom. The number of carbonyl (C=O) groups excluding carboxylic acids is 1. The van der Waals surface area contributed by atoms with Crippen molar-refractivity contribution in [3.63, 3.8) is 0 Å². The average molecular weight is 497 g/mol. The fourth-order valence-corrected chi connectivity index (χ4v) is 5.03. The van der Waals surface area contributed by atoms with Gasteiger partial charge in [-0.15, -0.1) is 0 Å². The molecule has 1 amide bonds. The summed E-state index contributed by atoms with van der Waals surface area (Å²) in [7, 11) is 2.16. The van der Waals surface area contributed by atoms with E-state index in [1.807, 2.05) is 37.5 Å². The third kappa shape index (κ3) is 5.23. The van der Waals surface area contributed by atoms with Crippen molar-refractivity contribution in [3.8, 4) is 11.1 Å². The third-order valence-electron chi connectivity index (χ3n) is 7.34. The smallest absolute Gasteiger partial charge is 0.252 e. The average Bonchev–Trinajstić information content (AvgIpc) is 3.32. The molecular weight excluding hydrogens is 460 g/mol. The minimum atomic E-state index is -0.0876. The normalized spacial score (nSPS) is 14.5. The van der Waals surface area contributed by atoms with Crippen LogP contribution in [-0.2, 0) is 6.54 Å². The van der Waals surface area contributed by atoms with Crippen molar-refractivity contribution >= 4 is 22.6 Å². The van der Waals surface area contributed by atoms with Crippen molar-refractivity contribution in [2.45, 2.75) is 40.3 Å². The number of anilines is 1. The number of benzene rings is 1. The lowest BCUT2D eigenvalue weighted by atomic mass is 10.0. The summed E-state index contributed by atoms with van der Waals surface area (Å²) in [6.45, 7) is 12.8. The Morgan fingerprint density at radius 1 is 0.973 bits per heavy atom. The molecule has 37 heavy (non-hydrogen) atoms. The Labute approximate surface area is 219 Å². The summed E-state index contributed by atoms with van der Waals surface area (Å²) in [5, 5.41) is 4.08. The highest BCUT2D eigenvalue weighted by atomic mass is 16.1. The van der Waals surface area contributed by atoms with Gasteiger partial charge in [0.15, 0.2) is 0 Å². The second-order valence-corrected chi connectivity index (χ2v) is 10.4. The summed E-state index contributed by atoms with van der Waals surface area (Å²) in [5.74, 6) is 0.916. The van der Waals surface area contributed by atoms with Gasteiger partial charge in [-0.2, -0.15) is 0 Å². The van der Waals surface area contributed by atoms with Crippen molar-refractivity contribution in [2.75, 3.05) is 38.1 Å². The molecule has 0 bridgehead atoms. The first-order valence-electron chi connectivity index (χ1n) is 13.0. The molecule has 0 atom stereocenters. The van der Waals surface area contributed by atoms with Gasteiger partial charge in [0.25, 0.3) is 5.91 Å². The van der Waals surface area contributed by atoms with Gasteiger partial charge in [-0.25, -0.2) is 4.98 Å². The Kier molecular flexibility index (Phi) is 6.98. The van der Waals surface area contributed by atoms with Crippen molar-refractivity contribution in [1.82, 2.24) is 24.8 Å². The number of nitrogens with one attached hydrogen (secondary N) is 1. The first kappa shape index (κ1) is 25.0. The molecule has 192 valence electrons. The molecule has 7 nitrogen and oxygen atoms in total. The van der Waals surface area contributed by atoms with Crippen LogP contribution in [0.5, 0.6) is 0 Å². The van der Waals surface area contributed by atoms with Gasteiger partial charge in [0.2, 0.25) is 0 Å². The van der Waals surface area contributed by atoms with E-state index in [0.717, 1.165) is 70.8 Å². The van der Waals surface area contributed by atoms with Gasteiger partial charge < -0.3 is 19.7 Å². The van der Waals surface area contributed by atoms with Crippen LogP contribution in [0.15, 0.2) is 55.0 Å². The summed E-state index contributed by atoms with van der Waals surface area (Å²) in [4.78, 5) is 27.3. The molecule has 1 aliphatic rings. The molecule has 5 rings (SSSR count). The zero-order valence-electron chi connectivity index (χ0n) is 22.5. The molecule has 1 fully saturated rings. The first-order chi connectivity index (χ1) is 17.8. The molecule has 0 aliphatic carbocycles. The molecule has 4 heterocycles. The highest BCUT2D eigenvalue weighted by Crippen LogP contribution is 2.31. The minimum Gasteiger partial charge on any atom is -0.354 e. The predicted octanol–water partition coefficient (Wildman–Crippen LogP) is 4.98. The van der Waals surface area contributed by atoms with Gasteiger partial charge >= 0.3 is 0 Å². The quantitative estimate of drug-likeness (QED) is 0.408. The van der Waals surface area contributed by atoms with E-state index in [-0.39, 0.29) is 11.9 Å². The number of fused-ring (bicyclic) bond motifs is 1. The molecule has 1 saturated heterocycles. The second-order valence-electron chi connectivity index (χ2n) is 10.4. The molecule has 0 unspecified atom stereocenters. The van der Waals surface area contributed by atoms with Gasteiger partial charge in [-0.3, -0.25) is 9.78 Å². The lowest BCUT2D eigenvalue weighted by Crippen LogP contribution is -2.44. The number of amides is 1. The number of carbonyl (C=O) groups is 1. The highest BCUT2D eigenvalue weighted by molar-refractivity contribution is 6.08. The molecule has 1 aliphatic heterocycles. The SMILES string of the molecule is Cc1cc(C)c(CNC(=O)c2cc(-c3ccc(N4CCN(C)CC4)nc3)cc3c2ccn3C(C)C)cn1.